The quantitative estimate of drug-likeness (QED) is 0.737. The summed E-state index contributed by atoms with van der Waals surface area (Å²) in [6.45, 7) is 0. The van der Waals surface area contributed by atoms with Crippen molar-refractivity contribution in [1.82, 2.24) is 9.97 Å². The number of benzene rings is 1. The van der Waals surface area contributed by atoms with Crippen LogP contribution < -0.4 is 20.1 Å². The molecule has 8 nitrogen and oxygen atoms in total. The number of hydrogen-bond donors (Lipinski definition) is 2. The lowest BCUT2D eigenvalue weighted by Crippen LogP contribution is -2.13. The third kappa shape index (κ3) is 1.91. The summed E-state index contributed by atoms with van der Waals surface area (Å²) in [6.07, 6.45) is 0. The van der Waals surface area contributed by atoms with Gasteiger partial charge in [-0.2, -0.15) is 10.5 Å². The van der Waals surface area contributed by atoms with Gasteiger partial charge in [0.25, 0.3) is 0 Å². The van der Waals surface area contributed by atoms with Gasteiger partial charge in [-0.3, -0.25) is 0 Å². The van der Waals surface area contributed by atoms with Gasteiger partial charge in [0.1, 0.15) is 35.0 Å². The molecular formula is C14H10N6O2. The van der Waals surface area contributed by atoms with Crippen LogP contribution in [0.4, 0.5) is 23.0 Å². The molecule has 0 saturated carbocycles. The molecule has 0 radical (unpaired) electrons. The molecule has 1 aromatic carbocycles. The van der Waals surface area contributed by atoms with Gasteiger partial charge >= 0.3 is 0 Å². The first-order valence-corrected chi connectivity index (χ1v) is 6.23. The number of fused-ring (bicyclic) bond motifs is 2. The first-order chi connectivity index (χ1) is 10.7. The molecule has 0 aliphatic carbocycles. The van der Waals surface area contributed by atoms with Crippen LogP contribution in [0.15, 0.2) is 12.1 Å². The molecule has 1 aliphatic heterocycles. The highest BCUT2D eigenvalue weighted by Gasteiger charge is 2.25. The molecule has 0 spiro atoms. The molecule has 3 rings (SSSR count). The minimum absolute atomic E-state index is 0.0409. The predicted octanol–water partition coefficient (Wildman–Crippen LogP) is 2.04. The Labute approximate surface area is 125 Å². The van der Waals surface area contributed by atoms with Crippen LogP contribution in [-0.2, 0) is 0 Å². The second-order valence-corrected chi connectivity index (χ2v) is 4.31. The van der Waals surface area contributed by atoms with Gasteiger partial charge in [-0.05, 0) is 12.1 Å². The average Bonchev–Trinajstić information content (AvgIpc) is 2.57. The number of methoxy groups -OCH3 is 2. The Morgan fingerprint density at radius 1 is 0.864 bits per heavy atom. The number of ether oxygens (including phenoxy) is 2. The van der Waals surface area contributed by atoms with Crippen LogP contribution >= 0.6 is 0 Å². The Kier molecular flexibility index (Phi) is 3.13. The molecular weight excluding hydrogens is 284 g/mol. The van der Waals surface area contributed by atoms with E-state index >= 15 is 0 Å². The maximum Gasteiger partial charge on any atom is 0.179 e. The largest absolute Gasteiger partial charge is 0.494 e. The second-order valence-electron chi connectivity index (χ2n) is 4.31. The van der Waals surface area contributed by atoms with Crippen molar-refractivity contribution in [1.29, 1.82) is 10.5 Å². The zero-order valence-electron chi connectivity index (χ0n) is 11.8. The monoisotopic (exact) mass is 294 g/mol. The van der Waals surface area contributed by atoms with E-state index in [1.807, 2.05) is 12.1 Å². The van der Waals surface area contributed by atoms with E-state index in [2.05, 4.69) is 20.6 Å². The molecule has 2 N–H and O–H groups in total. The van der Waals surface area contributed by atoms with Gasteiger partial charge in [-0.1, -0.05) is 0 Å². The van der Waals surface area contributed by atoms with Crippen molar-refractivity contribution >= 4 is 23.0 Å². The highest BCUT2D eigenvalue weighted by molar-refractivity contribution is 5.93. The first kappa shape index (κ1) is 13.5. The van der Waals surface area contributed by atoms with E-state index in [-0.39, 0.29) is 11.4 Å². The SMILES string of the molecule is COc1ccc(OC)c2c1Nc1nc(C#N)c(C#N)nc1N2. The summed E-state index contributed by atoms with van der Waals surface area (Å²) in [7, 11) is 3.09. The summed E-state index contributed by atoms with van der Waals surface area (Å²) in [5.74, 6) is 1.85. The van der Waals surface area contributed by atoms with Gasteiger partial charge in [0.2, 0.25) is 0 Å². The Bertz CT molecular complexity index is 780. The second kappa shape index (κ2) is 5.11. The smallest absolute Gasteiger partial charge is 0.179 e. The molecule has 1 aromatic heterocycles. The zero-order chi connectivity index (χ0) is 15.7. The molecule has 0 saturated heterocycles. The van der Waals surface area contributed by atoms with Crippen molar-refractivity contribution in [3.8, 4) is 23.6 Å². The van der Waals surface area contributed by atoms with E-state index in [4.69, 9.17) is 20.0 Å². The standard InChI is InChI=1S/C14H10N6O2/c1-21-9-3-4-10(22-2)12-11(9)19-13-14(20-12)18-8(6-16)7(5-15)17-13/h3-4H,1-2H3,(H,17,19)(H,18,20). The molecule has 0 fully saturated rings. The van der Waals surface area contributed by atoms with Crippen molar-refractivity contribution in [2.75, 3.05) is 24.9 Å². The summed E-state index contributed by atoms with van der Waals surface area (Å²) in [5.41, 5.74) is 1.16. The Balaban J connectivity index is 2.18. The van der Waals surface area contributed by atoms with Crippen molar-refractivity contribution in [3.05, 3.63) is 23.5 Å². The van der Waals surface area contributed by atoms with E-state index in [1.165, 1.54) is 0 Å². The van der Waals surface area contributed by atoms with Crippen LogP contribution in [0.2, 0.25) is 0 Å². The summed E-state index contributed by atoms with van der Waals surface area (Å²) < 4.78 is 10.6. The highest BCUT2D eigenvalue weighted by atomic mass is 16.5. The molecule has 22 heavy (non-hydrogen) atoms. The Hall–Kier alpha value is -3.52. The fourth-order valence-electron chi connectivity index (χ4n) is 2.16. The van der Waals surface area contributed by atoms with Crippen molar-refractivity contribution in [3.63, 3.8) is 0 Å². The number of nitrogens with one attached hydrogen (secondary N) is 2. The van der Waals surface area contributed by atoms with Crippen molar-refractivity contribution in [2.24, 2.45) is 0 Å². The number of anilines is 4. The average molecular weight is 294 g/mol. The van der Waals surface area contributed by atoms with Gasteiger partial charge in [0.15, 0.2) is 23.0 Å². The Morgan fingerprint density at radius 2 is 1.27 bits per heavy atom. The van der Waals surface area contributed by atoms with Gasteiger partial charge in [0.05, 0.1) is 14.2 Å². The number of nitrogens with zero attached hydrogens (tertiary/aromatic N) is 4. The normalized spacial score (nSPS) is 10.9. The summed E-state index contributed by atoms with van der Waals surface area (Å²) >= 11 is 0. The lowest BCUT2D eigenvalue weighted by atomic mass is 10.2. The molecule has 0 atom stereocenters. The van der Waals surface area contributed by atoms with Crippen LogP contribution in [0.3, 0.4) is 0 Å². The van der Waals surface area contributed by atoms with Gasteiger partial charge in [-0.25, -0.2) is 9.97 Å². The number of rotatable bonds is 2. The molecule has 0 unspecified atom stereocenters. The molecule has 1 aliphatic rings. The number of aromatic nitrogens is 2. The van der Waals surface area contributed by atoms with Gasteiger partial charge in [0, 0.05) is 0 Å². The molecule has 8 heteroatoms. The van der Waals surface area contributed by atoms with E-state index in [9.17, 15) is 0 Å². The molecule has 2 heterocycles. The molecule has 0 bridgehead atoms. The minimum Gasteiger partial charge on any atom is -0.494 e. The topological polar surface area (TPSA) is 116 Å². The van der Waals surface area contributed by atoms with E-state index < -0.39 is 0 Å². The predicted molar refractivity (Wildman–Crippen MR) is 77.6 cm³/mol. The lowest BCUT2D eigenvalue weighted by Gasteiger charge is -2.24. The lowest BCUT2D eigenvalue weighted by molar-refractivity contribution is 0.406. The Morgan fingerprint density at radius 3 is 1.59 bits per heavy atom. The van der Waals surface area contributed by atoms with Crippen LogP contribution in [0.5, 0.6) is 11.5 Å². The zero-order valence-corrected chi connectivity index (χ0v) is 11.8. The molecule has 2 aromatic rings. The van der Waals surface area contributed by atoms with Crippen LogP contribution in [0.1, 0.15) is 11.4 Å². The molecule has 0 amide bonds. The van der Waals surface area contributed by atoms with E-state index in [0.717, 1.165) is 0 Å². The van der Waals surface area contributed by atoms with Crippen LogP contribution in [-0.4, -0.2) is 24.2 Å². The third-order valence-corrected chi connectivity index (χ3v) is 3.16. The third-order valence-electron chi connectivity index (χ3n) is 3.16. The first-order valence-electron chi connectivity index (χ1n) is 6.23. The summed E-state index contributed by atoms with van der Waals surface area (Å²) in [6, 6.07) is 7.20. The summed E-state index contributed by atoms with van der Waals surface area (Å²) in [4.78, 5) is 8.23. The van der Waals surface area contributed by atoms with Crippen LogP contribution in [0, 0.1) is 22.7 Å². The maximum atomic E-state index is 9.03. The minimum atomic E-state index is -0.0409. The van der Waals surface area contributed by atoms with E-state index in [1.54, 1.807) is 26.4 Å². The molecule has 108 valence electrons. The van der Waals surface area contributed by atoms with E-state index in [0.29, 0.717) is 34.5 Å². The highest BCUT2D eigenvalue weighted by Crippen LogP contribution is 2.47. The number of nitriles is 2. The van der Waals surface area contributed by atoms with Gasteiger partial charge in [-0.15, -0.1) is 0 Å². The van der Waals surface area contributed by atoms with Gasteiger partial charge < -0.3 is 20.1 Å². The summed E-state index contributed by atoms with van der Waals surface area (Å²) in [5, 5.41) is 24.2. The maximum absolute atomic E-state index is 9.03. The fourth-order valence-corrected chi connectivity index (χ4v) is 2.16. The van der Waals surface area contributed by atoms with Crippen molar-refractivity contribution in [2.45, 2.75) is 0 Å². The fraction of sp³-hybridized carbons (Fsp3) is 0.143. The van der Waals surface area contributed by atoms with Crippen LogP contribution in [0.25, 0.3) is 0 Å². The number of hydrogen-bond acceptors (Lipinski definition) is 8. The van der Waals surface area contributed by atoms with Crippen molar-refractivity contribution < 1.29 is 9.47 Å².